The first kappa shape index (κ1) is 18.5. The third-order valence-corrected chi connectivity index (χ3v) is 6.22. The molecule has 0 radical (unpaired) electrons. The molecule has 0 aliphatic carbocycles. The number of para-hydroxylation sites is 1. The molecule has 1 amide bonds. The molecule has 1 aliphatic heterocycles. The van der Waals surface area contributed by atoms with Crippen molar-refractivity contribution in [2.45, 2.75) is 31.6 Å². The lowest BCUT2D eigenvalue weighted by atomic mass is 9.99. The highest BCUT2D eigenvalue weighted by atomic mass is 32.2. The van der Waals surface area contributed by atoms with Gasteiger partial charge in [0, 0.05) is 24.3 Å². The van der Waals surface area contributed by atoms with Crippen molar-refractivity contribution in [2.24, 2.45) is 5.92 Å². The summed E-state index contributed by atoms with van der Waals surface area (Å²) < 4.78 is 28.2. The Morgan fingerprint density at radius 1 is 1.15 bits per heavy atom. The number of carbonyl (C=O) groups is 1. The van der Waals surface area contributed by atoms with E-state index in [9.17, 15) is 13.2 Å². The fourth-order valence-corrected chi connectivity index (χ4v) is 4.63. The third kappa shape index (κ3) is 4.07. The molecule has 0 bridgehead atoms. The van der Waals surface area contributed by atoms with E-state index in [2.05, 4.69) is 11.6 Å². The summed E-state index contributed by atoms with van der Waals surface area (Å²) in [4.78, 5) is 14.8. The molecule has 26 heavy (non-hydrogen) atoms. The van der Waals surface area contributed by atoms with Gasteiger partial charge in [-0.3, -0.25) is 9.52 Å². The number of nitrogens with zero attached hydrogens (tertiary/aromatic N) is 1. The summed E-state index contributed by atoms with van der Waals surface area (Å²) in [7, 11) is -3.76. The summed E-state index contributed by atoms with van der Waals surface area (Å²) >= 11 is 0. The summed E-state index contributed by atoms with van der Waals surface area (Å²) in [6.45, 7) is 5.31. The Bertz CT molecular complexity index is 895. The van der Waals surface area contributed by atoms with Crippen molar-refractivity contribution >= 4 is 21.6 Å². The Morgan fingerprint density at radius 2 is 1.88 bits per heavy atom. The van der Waals surface area contributed by atoms with Crippen LogP contribution in [0.5, 0.6) is 0 Å². The zero-order valence-electron chi connectivity index (χ0n) is 15.1. The van der Waals surface area contributed by atoms with E-state index in [1.54, 1.807) is 43.3 Å². The summed E-state index contributed by atoms with van der Waals surface area (Å²) in [6, 6.07) is 13.6. The van der Waals surface area contributed by atoms with Gasteiger partial charge in [-0.15, -0.1) is 0 Å². The lowest BCUT2D eigenvalue weighted by Gasteiger charge is -2.31. The maximum atomic E-state index is 12.8. The molecule has 2 aromatic carbocycles. The highest BCUT2D eigenvalue weighted by molar-refractivity contribution is 7.92. The quantitative estimate of drug-likeness (QED) is 0.890. The Balaban J connectivity index is 1.88. The number of aryl methyl sites for hydroxylation is 1. The molecule has 138 valence electrons. The van der Waals surface area contributed by atoms with Gasteiger partial charge in [0.2, 0.25) is 0 Å². The number of carbonyl (C=O) groups excluding carboxylic acids is 1. The number of hydrogen-bond acceptors (Lipinski definition) is 3. The number of amides is 1. The van der Waals surface area contributed by atoms with Crippen LogP contribution in [0.25, 0.3) is 0 Å². The predicted octanol–water partition coefficient (Wildman–Crippen LogP) is 3.67. The number of benzene rings is 2. The lowest BCUT2D eigenvalue weighted by Crippen LogP contribution is -2.39. The highest BCUT2D eigenvalue weighted by Gasteiger charge is 2.24. The molecule has 5 nitrogen and oxygen atoms in total. The molecule has 0 unspecified atom stereocenters. The minimum Gasteiger partial charge on any atom is -0.338 e. The van der Waals surface area contributed by atoms with E-state index >= 15 is 0 Å². The number of sulfonamides is 1. The summed E-state index contributed by atoms with van der Waals surface area (Å²) in [5.41, 5.74) is 1.52. The fourth-order valence-electron chi connectivity index (χ4n) is 3.30. The van der Waals surface area contributed by atoms with Crippen LogP contribution in [0.15, 0.2) is 53.4 Å². The van der Waals surface area contributed by atoms with Crippen LogP contribution in [0.4, 0.5) is 5.69 Å². The molecular formula is C20H24N2O3S. The van der Waals surface area contributed by atoms with E-state index in [-0.39, 0.29) is 10.8 Å². The molecule has 1 fully saturated rings. The molecule has 0 aromatic heterocycles. The number of anilines is 1. The number of hydrogen-bond donors (Lipinski definition) is 1. The van der Waals surface area contributed by atoms with Crippen molar-refractivity contribution in [2.75, 3.05) is 17.8 Å². The maximum Gasteiger partial charge on any atom is 0.262 e. The van der Waals surface area contributed by atoms with Crippen LogP contribution < -0.4 is 4.72 Å². The average Bonchev–Trinajstić information content (AvgIpc) is 2.62. The normalized spacial score (nSPS) is 17.8. The SMILES string of the molecule is Cc1ccc(C(=O)N2CCC[C@@H](C)C2)cc1S(=O)(=O)Nc1ccccc1. The van der Waals surface area contributed by atoms with Gasteiger partial charge in [0.15, 0.2) is 0 Å². The Hall–Kier alpha value is -2.34. The van der Waals surface area contributed by atoms with Gasteiger partial charge in [0.25, 0.3) is 15.9 Å². The average molecular weight is 372 g/mol. The van der Waals surface area contributed by atoms with Crippen molar-refractivity contribution in [3.63, 3.8) is 0 Å². The molecule has 1 saturated heterocycles. The standard InChI is InChI=1S/C20H24N2O3S/c1-15-7-6-12-22(14-15)20(23)17-11-10-16(2)19(13-17)26(24,25)21-18-8-4-3-5-9-18/h3-5,8-11,13,15,21H,6-7,12,14H2,1-2H3/t15-/m1/s1. The Kier molecular flexibility index (Phi) is 5.32. The second kappa shape index (κ2) is 7.50. The van der Waals surface area contributed by atoms with Gasteiger partial charge in [0.05, 0.1) is 4.90 Å². The van der Waals surface area contributed by atoms with E-state index in [0.29, 0.717) is 22.7 Å². The zero-order chi connectivity index (χ0) is 18.7. The van der Waals surface area contributed by atoms with Crippen LogP contribution in [0.1, 0.15) is 35.7 Å². The second-order valence-corrected chi connectivity index (χ2v) is 8.60. The smallest absolute Gasteiger partial charge is 0.262 e. The first-order chi connectivity index (χ1) is 12.4. The molecule has 1 heterocycles. The van der Waals surface area contributed by atoms with E-state index in [1.807, 2.05) is 11.0 Å². The molecule has 1 atom stereocenters. The van der Waals surface area contributed by atoms with Crippen molar-refractivity contribution in [3.05, 3.63) is 59.7 Å². The molecule has 6 heteroatoms. The third-order valence-electron chi connectivity index (χ3n) is 4.69. The largest absolute Gasteiger partial charge is 0.338 e. The van der Waals surface area contributed by atoms with E-state index < -0.39 is 10.0 Å². The van der Waals surface area contributed by atoms with Crippen molar-refractivity contribution in [3.8, 4) is 0 Å². The Morgan fingerprint density at radius 3 is 2.58 bits per heavy atom. The molecule has 2 aromatic rings. The number of likely N-dealkylation sites (tertiary alicyclic amines) is 1. The van der Waals surface area contributed by atoms with Gasteiger partial charge in [0.1, 0.15) is 0 Å². The van der Waals surface area contributed by atoms with Gasteiger partial charge in [-0.1, -0.05) is 31.2 Å². The van der Waals surface area contributed by atoms with Crippen LogP contribution in [0.2, 0.25) is 0 Å². The summed E-state index contributed by atoms with van der Waals surface area (Å²) in [5, 5.41) is 0. The minimum atomic E-state index is -3.76. The summed E-state index contributed by atoms with van der Waals surface area (Å²) in [5.74, 6) is 0.369. The second-order valence-electron chi connectivity index (χ2n) is 6.95. The van der Waals surface area contributed by atoms with Gasteiger partial charge in [-0.25, -0.2) is 8.42 Å². The van der Waals surface area contributed by atoms with E-state index in [1.165, 1.54) is 6.07 Å². The molecular weight excluding hydrogens is 348 g/mol. The molecule has 0 spiro atoms. The van der Waals surface area contributed by atoms with Gasteiger partial charge < -0.3 is 4.90 Å². The van der Waals surface area contributed by atoms with Crippen molar-refractivity contribution in [1.82, 2.24) is 4.90 Å². The first-order valence-electron chi connectivity index (χ1n) is 8.84. The number of rotatable bonds is 4. The van der Waals surface area contributed by atoms with Crippen LogP contribution in [-0.4, -0.2) is 32.3 Å². The summed E-state index contributed by atoms with van der Waals surface area (Å²) in [6.07, 6.45) is 2.11. The van der Waals surface area contributed by atoms with Crippen molar-refractivity contribution in [1.29, 1.82) is 0 Å². The van der Waals surface area contributed by atoms with E-state index in [4.69, 9.17) is 0 Å². The maximum absolute atomic E-state index is 12.8. The van der Waals surface area contributed by atoms with Gasteiger partial charge >= 0.3 is 0 Å². The number of nitrogens with one attached hydrogen (secondary N) is 1. The topological polar surface area (TPSA) is 66.5 Å². The first-order valence-corrected chi connectivity index (χ1v) is 10.3. The Labute approximate surface area is 155 Å². The zero-order valence-corrected chi connectivity index (χ0v) is 15.9. The molecule has 1 aliphatic rings. The van der Waals surface area contributed by atoms with Gasteiger partial charge in [-0.2, -0.15) is 0 Å². The number of piperidine rings is 1. The van der Waals surface area contributed by atoms with Gasteiger partial charge in [-0.05, 0) is 55.5 Å². The van der Waals surface area contributed by atoms with E-state index in [0.717, 1.165) is 25.9 Å². The van der Waals surface area contributed by atoms with Crippen LogP contribution in [0.3, 0.4) is 0 Å². The van der Waals surface area contributed by atoms with Crippen molar-refractivity contribution < 1.29 is 13.2 Å². The minimum absolute atomic E-state index is 0.104. The highest BCUT2D eigenvalue weighted by Crippen LogP contribution is 2.23. The monoisotopic (exact) mass is 372 g/mol. The van der Waals surface area contributed by atoms with Crippen LogP contribution in [-0.2, 0) is 10.0 Å². The van der Waals surface area contributed by atoms with Crippen LogP contribution in [0, 0.1) is 12.8 Å². The van der Waals surface area contributed by atoms with Crippen LogP contribution >= 0.6 is 0 Å². The molecule has 0 saturated carbocycles. The molecule has 1 N–H and O–H groups in total. The lowest BCUT2D eigenvalue weighted by molar-refractivity contribution is 0.0683. The fraction of sp³-hybridized carbons (Fsp3) is 0.350. The predicted molar refractivity (Wildman–Crippen MR) is 103 cm³/mol. The molecule has 3 rings (SSSR count).